The molecule has 1 atom stereocenters. The minimum Gasteiger partial charge on any atom is -0.338 e. The first-order valence-corrected chi connectivity index (χ1v) is 9.39. The van der Waals surface area contributed by atoms with E-state index in [0.29, 0.717) is 18.7 Å². The van der Waals surface area contributed by atoms with Crippen molar-refractivity contribution in [3.8, 4) is 0 Å². The van der Waals surface area contributed by atoms with Gasteiger partial charge in [0.15, 0.2) is 11.6 Å². The second kappa shape index (κ2) is 7.03. The van der Waals surface area contributed by atoms with Gasteiger partial charge in [-0.05, 0) is 43.5 Å². The molecule has 2 aromatic rings. The van der Waals surface area contributed by atoms with E-state index in [4.69, 9.17) is 0 Å². The smallest absolute Gasteiger partial charge is 0.230 e. The van der Waals surface area contributed by atoms with Crippen molar-refractivity contribution in [3.05, 3.63) is 53.6 Å². The number of amides is 1. The third-order valence-electron chi connectivity index (χ3n) is 5.90. The zero-order valence-electron chi connectivity index (χ0n) is 15.5. The van der Waals surface area contributed by atoms with Crippen LogP contribution in [0.2, 0.25) is 0 Å². The van der Waals surface area contributed by atoms with E-state index in [0.717, 1.165) is 50.8 Å². The summed E-state index contributed by atoms with van der Waals surface area (Å²) in [5.41, 5.74) is 0.268. The molecule has 3 heterocycles. The predicted molar refractivity (Wildman–Crippen MR) is 96.5 cm³/mol. The maximum absolute atomic E-state index is 13.5. The summed E-state index contributed by atoms with van der Waals surface area (Å²) >= 11 is 0. The summed E-state index contributed by atoms with van der Waals surface area (Å²) in [6.45, 7) is 3.34. The Morgan fingerprint density at radius 1 is 1.15 bits per heavy atom. The number of carbonyl (C=O) groups is 1. The molecule has 1 aromatic heterocycles. The maximum Gasteiger partial charge on any atom is 0.230 e. The van der Waals surface area contributed by atoms with E-state index in [2.05, 4.69) is 9.88 Å². The van der Waals surface area contributed by atoms with Gasteiger partial charge in [-0.25, -0.2) is 13.8 Å². The standard InChI is InChI=1S/C20H24F2N4O/c1-24-10-7-23-18(24)13-25-9-6-20(14-25)5-2-8-26(19(20)27)12-15-3-4-16(21)17(22)11-15/h3-4,7,10-11H,2,5-6,8-9,12-14H2,1H3/t20-/m1/s1. The molecule has 27 heavy (non-hydrogen) atoms. The first-order valence-electron chi connectivity index (χ1n) is 9.39. The quantitative estimate of drug-likeness (QED) is 0.826. The van der Waals surface area contributed by atoms with Crippen molar-refractivity contribution in [2.24, 2.45) is 12.5 Å². The zero-order valence-corrected chi connectivity index (χ0v) is 15.5. The van der Waals surface area contributed by atoms with Gasteiger partial charge in [0.25, 0.3) is 0 Å². The molecule has 144 valence electrons. The third kappa shape index (κ3) is 3.48. The summed E-state index contributed by atoms with van der Waals surface area (Å²) in [5.74, 6) is -0.593. The molecule has 1 amide bonds. The van der Waals surface area contributed by atoms with Crippen LogP contribution in [0.3, 0.4) is 0 Å². The van der Waals surface area contributed by atoms with Gasteiger partial charge in [0.1, 0.15) is 5.82 Å². The summed E-state index contributed by atoms with van der Waals surface area (Å²) in [5, 5.41) is 0. The average molecular weight is 374 g/mol. The van der Waals surface area contributed by atoms with E-state index in [9.17, 15) is 13.6 Å². The van der Waals surface area contributed by atoms with Crippen LogP contribution in [0.15, 0.2) is 30.6 Å². The second-order valence-electron chi connectivity index (χ2n) is 7.77. The van der Waals surface area contributed by atoms with Crippen molar-refractivity contribution >= 4 is 5.91 Å². The number of hydrogen-bond donors (Lipinski definition) is 0. The van der Waals surface area contributed by atoms with Gasteiger partial charge in [0.2, 0.25) is 5.91 Å². The lowest BCUT2D eigenvalue weighted by molar-refractivity contribution is -0.146. The summed E-state index contributed by atoms with van der Waals surface area (Å²) in [4.78, 5) is 21.7. The monoisotopic (exact) mass is 374 g/mol. The zero-order chi connectivity index (χ0) is 19.0. The summed E-state index contributed by atoms with van der Waals surface area (Å²) < 4.78 is 28.7. The van der Waals surface area contributed by atoms with Crippen LogP contribution in [0.25, 0.3) is 0 Å². The minimum absolute atomic E-state index is 0.140. The molecule has 4 rings (SSSR count). The number of nitrogens with zero attached hydrogens (tertiary/aromatic N) is 4. The molecule has 2 aliphatic rings. The lowest BCUT2D eigenvalue weighted by atomic mass is 9.78. The molecule has 2 saturated heterocycles. The largest absolute Gasteiger partial charge is 0.338 e. The van der Waals surface area contributed by atoms with Gasteiger partial charge < -0.3 is 9.47 Å². The lowest BCUT2D eigenvalue weighted by Crippen LogP contribution is -2.49. The van der Waals surface area contributed by atoms with Crippen molar-refractivity contribution in [2.75, 3.05) is 19.6 Å². The Bertz CT molecular complexity index is 852. The SMILES string of the molecule is Cn1ccnc1CN1CC[C@]2(CCCN(Cc3ccc(F)c(F)c3)C2=O)C1. The molecule has 2 aliphatic heterocycles. The molecule has 5 nitrogen and oxygen atoms in total. The van der Waals surface area contributed by atoms with Crippen LogP contribution in [-0.2, 0) is 24.9 Å². The number of carbonyl (C=O) groups excluding carboxylic acids is 1. The molecule has 0 saturated carbocycles. The van der Waals surface area contributed by atoms with Gasteiger partial charge >= 0.3 is 0 Å². The van der Waals surface area contributed by atoms with Crippen molar-refractivity contribution in [1.29, 1.82) is 0 Å². The Morgan fingerprint density at radius 3 is 2.74 bits per heavy atom. The molecule has 1 aromatic carbocycles. The van der Waals surface area contributed by atoms with Gasteiger partial charge in [0, 0.05) is 39.1 Å². The highest BCUT2D eigenvalue weighted by molar-refractivity contribution is 5.84. The first-order chi connectivity index (χ1) is 13.0. The van der Waals surface area contributed by atoms with Crippen LogP contribution in [0.5, 0.6) is 0 Å². The van der Waals surface area contributed by atoms with Crippen molar-refractivity contribution in [3.63, 3.8) is 0 Å². The van der Waals surface area contributed by atoms with E-state index in [1.807, 2.05) is 17.8 Å². The van der Waals surface area contributed by atoms with Crippen LogP contribution in [0, 0.1) is 17.0 Å². The minimum atomic E-state index is -0.867. The van der Waals surface area contributed by atoms with E-state index in [1.165, 1.54) is 6.07 Å². The first kappa shape index (κ1) is 18.1. The number of likely N-dealkylation sites (tertiary alicyclic amines) is 2. The molecule has 0 bridgehead atoms. The number of aromatic nitrogens is 2. The number of aryl methyl sites for hydroxylation is 1. The third-order valence-corrected chi connectivity index (χ3v) is 5.90. The molecule has 0 radical (unpaired) electrons. The van der Waals surface area contributed by atoms with Crippen LogP contribution in [-0.4, -0.2) is 44.9 Å². The highest BCUT2D eigenvalue weighted by Gasteiger charge is 2.48. The van der Waals surface area contributed by atoms with Gasteiger partial charge in [-0.3, -0.25) is 9.69 Å². The van der Waals surface area contributed by atoms with Crippen molar-refractivity contribution in [2.45, 2.75) is 32.4 Å². The number of piperidine rings is 1. The van der Waals surface area contributed by atoms with E-state index in [-0.39, 0.29) is 11.3 Å². The fraction of sp³-hybridized carbons (Fsp3) is 0.500. The van der Waals surface area contributed by atoms with Crippen LogP contribution < -0.4 is 0 Å². The highest BCUT2D eigenvalue weighted by Crippen LogP contribution is 2.40. The van der Waals surface area contributed by atoms with Crippen molar-refractivity contribution in [1.82, 2.24) is 19.4 Å². The summed E-state index contributed by atoms with van der Waals surface area (Å²) in [6, 6.07) is 3.86. The van der Waals surface area contributed by atoms with Crippen molar-refractivity contribution < 1.29 is 13.6 Å². The normalized spacial score (nSPS) is 23.5. The predicted octanol–water partition coefficient (Wildman–Crippen LogP) is 2.71. The van der Waals surface area contributed by atoms with E-state index >= 15 is 0 Å². The van der Waals surface area contributed by atoms with E-state index in [1.54, 1.807) is 17.2 Å². The Kier molecular flexibility index (Phi) is 4.72. The number of rotatable bonds is 4. The van der Waals surface area contributed by atoms with Gasteiger partial charge in [-0.15, -0.1) is 0 Å². The number of imidazole rings is 1. The molecule has 0 unspecified atom stereocenters. The maximum atomic E-state index is 13.5. The topological polar surface area (TPSA) is 41.4 Å². The number of halogens is 2. The van der Waals surface area contributed by atoms with E-state index < -0.39 is 11.6 Å². The Morgan fingerprint density at radius 2 is 2.00 bits per heavy atom. The number of benzene rings is 1. The van der Waals surface area contributed by atoms with Crippen LogP contribution >= 0.6 is 0 Å². The van der Waals surface area contributed by atoms with Crippen LogP contribution in [0.1, 0.15) is 30.7 Å². The molecular weight excluding hydrogens is 350 g/mol. The molecule has 7 heteroatoms. The Balaban J connectivity index is 1.45. The summed E-state index contributed by atoms with van der Waals surface area (Å²) in [6.07, 6.45) is 6.38. The Labute approximate surface area is 157 Å². The van der Waals surface area contributed by atoms with Gasteiger partial charge in [-0.1, -0.05) is 6.07 Å². The molecule has 0 aliphatic carbocycles. The second-order valence-corrected chi connectivity index (χ2v) is 7.77. The highest BCUT2D eigenvalue weighted by atomic mass is 19.2. The molecular formula is C20H24F2N4O. The Hall–Kier alpha value is -2.28. The molecule has 1 spiro atoms. The molecule has 2 fully saturated rings. The summed E-state index contributed by atoms with van der Waals surface area (Å²) in [7, 11) is 1.98. The lowest BCUT2D eigenvalue weighted by Gasteiger charge is -2.39. The number of hydrogen-bond acceptors (Lipinski definition) is 3. The van der Waals surface area contributed by atoms with Gasteiger partial charge in [-0.2, -0.15) is 0 Å². The fourth-order valence-corrected chi connectivity index (χ4v) is 4.38. The fourth-order valence-electron chi connectivity index (χ4n) is 4.38. The average Bonchev–Trinajstić information content (AvgIpc) is 3.23. The molecule has 0 N–H and O–H groups in total. The van der Waals surface area contributed by atoms with Crippen LogP contribution in [0.4, 0.5) is 8.78 Å². The van der Waals surface area contributed by atoms with Gasteiger partial charge in [0.05, 0.1) is 12.0 Å².